The SMILES string of the molecule is CC1c2ccccc2C=CC1c1nc(-c2ccc(-c3ccccc3)cc2)cc(-c2ccc3c(c2)C2(c4ccccc4-c4ccccc42)c2ccccc2-3)n1. The fourth-order valence-corrected chi connectivity index (χ4v) is 9.58. The second kappa shape index (κ2) is 11.9. The van der Waals surface area contributed by atoms with Gasteiger partial charge in [-0.25, -0.2) is 9.97 Å². The maximum atomic E-state index is 5.46. The Kier molecular flexibility index (Phi) is 6.84. The largest absolute Gasteiger partial charge is 0.232 e. The first-order valence-corrected chi connectivity index (χ1v) is 18.9. The Hall–Kier alpha value is -6.64. The van der Waals surface area contributed by atoms with Gasteiger partial charge in [0.05, 0.1) is 16.8 Å². The van der Waals surface area contributed by atoms with Crippen molar-refractivity contribution in [3.8, 4) is 55.9 Å². The van der Waals surface area contributed by atoms with Crippen LogP contribution in [0.5, 0.6) is 0 Å². The number of hydrogen-bond acceptors (Lipinski definition) is 2. The lowest BCUT2D eigenvalue weighted by Crippen LogP contribution is -2.25. The van der Waals surface area contributed by atoms with Gasteiger partial charge in [0.1, 0.15) is 5.82 Å². The highest BCUT2D eigenvalue weighted by atomic mass is 14.9. The highest BCUT2D eigenvalue weighted by molar-refractivity contribution is 5.95. The average molecular weight is 689 g/mol. The Morgan fingerprint density at radius 1 is 0.426 bits per heavy atom. The summed E-state index contributed by atoms with van der Waals surface area (Å²) in [6.07, 6.45) is 4.55. The predicted molar refractivity (Wildman–Crippen MR) is 221 cm³/mol. The van der Waals surface area contributed by atoms with Crippen LogP contribution in [0.25, 0.3) is 62.0 Å². The Morgan fingerprint density at radius 3 is 1.59 bits per heavy atom. The first-order valence-electron chi connectivity index (χ1n) is 18.9. The lowest BCUT2D eigenvalue weighted by atomic mass is 9.70. The van der Waals surface area contributed by atoms with Crippen molar-refractivity contribution in [3.05, 3.63) is 221 Å². The van der Waals surface area contributed by atoms with E-state index in [1.54, 1.807) is 0 Å². The minimum atomic E-state index is -0.411. The molecule has 1 heterocycles. The summed E-state index contributed by atoms with van der Waals surface area (Å²) in [6, 6.07) is 64.3. The maximum absolute atomic E-state index is 5.46. The predicted octanol–water partition coefficient (Wildman–Crippen LogP) is 12.7. The zero-order valence-electron chi connectivity index (χ0n) is 29.9. The standard InChI is InChI=1S/C52H36N2/c1-33-39-16-6-5-15-36(39)27-29-40(33)51-53-49(37-25-23-35(24-26-37)34-13-3-2-4-14-34)32-50(54-51)38-28-30-44-43-19-9-12-22-47(43)52(48(44)31-38)45-20-10-7-17-41(45)42-18-8-11-21-46(42)52/h2-33,40H,1H3. The van der Waals surface area contributed by atoms with E-state index in [2.05, 4.69) is 195 Å². The molecule has 0 fully saturated rings. The van der Waals surface area contributed by atoms with Crippen molar-refractivity contribution in [1.29, 1.82) is 0 Å². The molecule has 11 rings (SSSR count). The van der Waals surface area contributed by atoms with Crippen LogP contribution in [-0.4, -0.2) is 9.97 Å². The molecule has 2 atom stereocenters. The van der Waals surface area contributed by atoms with E-state index < -0.39 is 5.41 Å². The zero-order valence-corrected chi connectivity index (χ0v) is 29.9. The first kappa shape index (κ1) is 30.9. The molecule has 3 aliphatic carbocycles. The van der Waals surface area contributed by atoms with E-state index in [4.69, 9.17) is 9.97 Å². The third-order valence-electron chi connectivity index (χ3n) is 12.1. The molecule has 0 N–H and O–H groups in total. The Morgan fingerprint density at radius 2 is 0.926 bits per heavy atom. The quantitative estimate of drug-likeness (QED) is 0.184. The molecule has 2 unspecified atom stereocenters. The van der Waals surface area contributed by atoms with Gasteiger partial charge in [0.2, 0.25) is 0 Å². The van der Waals surface area contributed by atoms with E-state index >= 15 is 0 Å². The molecular formula is C52H36N2. The Labute approximate surface area is 316 Å². The van der Waals surface area contributed by atoms with Crippen LogP contribution in [0.1, 0.15) is 58.0 Å². The smallest absolute Gasteiger partial charge is 0.137 e. The van der Waals surface area contributed by atoms with Gasteiger partial charge in [-0.1, -0.05) is 183 Å². The van der Waals surface area contributed by atoms with E-state index in [0.29, 0.717) is 0 Å². The molecule has 0 amide bonds. The fraction of sp³-hybridized carbons (Fsp3) is 0.0769. The van der Waals surface area contributed by atoms with Gasteiger partial charge < -0.3 is 0 Å². The van der Waals surface area contributed by atoms with Gasteiger partial charge >= 0.3 is 0 Å². The van der Waals surface area contributed by atoms with Gasteiger partial charge in [0, 0.05) is 17.0 Å². The summed E-state index contributed by atoms with van der Waals surface area (Å²) in [6.45, 7) is 2.31. The first-order chi connectivity index (χ1) is 26.7. The molecular weight excluding hydrogens is 653 g/mol. The van der Waals surface area contributed by atoms with Gasteiger partial charge in [0.25, 0.3) is 0 Å². The summed E-state index contributed by atoms with van der Waals surface area (Å²) in [7, 11) is 0. The van der Waals surface area contributed by atoms with Crippen molar-refractivity contribution in [2.75, 3.05) is 0 Å². The number of nitrogens with zero attached hydrogens (tertiary/aromatic N) is 2. The summed E-state index contributed by atoms with van der Waals surface area (Å²) in [5.41, 5.74) is 19.2. The molecule has 0 bridgehead atoms. The maximum Gasteiger partial charge on any atom is 0.137 e. The van der Waals surface area contributed by atoms with E-state index in [1.807, 2.05) is 0 Å². The summed E-state index contributed by atoms with van der Waals surface area (Å²) in [5.74, 6) is 1.13. The highest BCUT2D eigenvalue weighted by Gasteiger charge is 2.51. The lowest BCUT2D eigenvalue weighted by molar-refractivity contribution is 0.634. The normalized spacial score (nSPS) is 16.7. The minimum absolute atomic E-state index is 0.0424. The monoisotopic (exact) mass is 688 g/mol. The van der Waals surface area contributed by atoms with Gasteiger partial charge in [-0.05, 0) is 84.8 Å². The van der Waals surface area contributed by atoms with Crippen molar-refractivity contribution < 1.29 is 0 Å². The highest BCUT2D eigenvalue weighted by Crippen LogP contribution is 2.63. The van der Waals surface area contributed by atoms with Crippen LogP contribution >= 0.6 is 0 Å². The summed E-state index contributed by atoms with van der Waals surface area (Å²) < 4.78 is 0. The molecule has 2 heteroatoms. The van der Waals surface area contributed by atoms with Crippen LogP contribution < -0.4 is 0 Å². The topological polar surface area (TPSA) is 25.8 Å². The molecule has 254 valence electrons. The van der Waals surface area contributed by atoms with E-state index in [1.165, 1.54) is 66.8 Å². The zero-order chi connectivity index (χ0) is 35.8. The number of hydrogen-bond donors (Lipinski definition) is 0. The van der Waals surface area contributed by atoms with Crippen molar-refractivity contribution >= 4 is 6.08 Å². The molecule has 0 saturated carbocycles. The van der Waals surface area contributed by atoms with Gasteiger partial charge in [-0.15, -0.1) is 0 Å². The van der Waals surface area contributed by atoms with Crippen LogP contribution in [0.3, 0.4) is 0 Å². The molecule has 2 nitrogen and oxygen atoms in total. The van der Waals surface area contributed by atoms with Crippen LogP contribution in [0.4, 0.5) is 0 Å². The molecule has 1 spiro atoms. The second-order valence-electron chi connectivity index (χ2n) is 14.9. The number of aromatic nitrogens is 2. The van der Waals surface area contributed by atoms with Gasteiger partial charge in [0.15, 0.2) is 0 Å². The van der Waals surface area contributed by atoms with Gasteiger partial charge in [-0.2, -0.15) is 0 Å². The van der Waals surface area contributed by atoms with Crippen molar-refractivity contribution in [2.45, 2.75) is 24.2 Å². The molecule has 7 aromatic carbocycles. The average Bonchev–Trinajstić information content (AvgIpc) is 3.71. The number of allylic oxidation sites excluding steroid dienone is 1. The fourth-order valence-electron chi connectivity index (χ4n) is 9.58. The molecule has 0 radical (unpaired) electrons. The lowest BCUT2D eigenvalue weighted by Gasteiger charge is -2.30. The Bertz CT molecular complexity index is 2730. The number of benzene rings is 7. The van der Waals surface area contributed by atoms with Crippen molar-refractivity contribution in [2.24, 2.45) is 0 Å². The third kappa shape index (κ3) is 4.47. The summed E-state index contributed by atoms with van der Waals surface area (Å²) in [4.78, 5) is 10.8. The van der Waals surface area contributed by atoms with Crippen LogP contribution in [0, 0.1) is 0 Å². The van der Waals surface area contributed by atoms with Crippen molar-refractivity contribution in [1.82, 2.24) is 9.97 Å². The molecule has 0 saturated heterocycles. The number of rotatable bonds is 4. The summed E-state index contributed by atoms with van der Waals surface area (Å²) >= 11 is 0. The molecule has 8 aromatic rings. The van der Waals surface area contributed by atoms with Crippen LogP contribution in [0.2, 0.25) is 0 Å². The van der Waals surface area contributed by atoms with Gasteiger partial charge in [-0.3, -0.25) is 0 Å². The number of fused-ring (bicyclic) bond motifs is 11. The van der Waals surface area contributed by atoms with Crippen molar-refractivity contribution in [3.63, 3.8) is 0 Å². The molecule has 3 aliphatic rings. The summed E-state index contributed by atoms with van der Waals surface area (Å²) in [5, 5.41) is 0. The van der Waals surface area contributed by atoms with E-state index in [0.717, 1.165) is 28.3 Å². The van der Waals surface area contributed by atoms with E-state index in [9.17, 15) is 0 Å². The second-order valence-corrected chi connectivity index (χ2v) is 14.9. The van der Waals surface area contributed by atoms with E-state index in [-0.39, 0.29) is 11.8 Å². The molecule has 54 heavy (non-hydrogen) atoms. The van der Waals surface area contributed by atoms with Crippen LogP contribution in [-0.2, 0) is 5.41 Å². The third-order valence-corrected chi connectivity index (χ3v) is 12.1. The molecule has 0 aliphatic heterocycles. The minimum Gasteiger partial charge on any atom is -0.232 e. The Balaban J connectivity index is 1.11. The molecule has 1 aromatic heterocycles. The van der Waals surface area contributed by atoms with Crippen LogP contribution in [0.15, 0.2) is 182 Å².